The minimum atomic E-state index is -3.48. The summed E-state index contributed by atoms with van der Waals surface area (Å²) in [7, 11) is -3.48. The van der Waals surface area contributed by atoms with Gasteiger partial charge in [-0.15, -0.1) is 0 Å². The second-order valence-electron chi connectivity index (χ2n) is 6.34. The lowest BCUT2D eigenvalue weighted by Crippen LogP contribution is -2.40. The van der Waals surface area contributed by atoms with E-state index >= 15 is 0 Å². The Morgan fingerprint density at radius 3 is 2.28 bits per heavy atom. The smallest absolute Gasteiger partial charge is 0.243 e. The Labute approximate surface area is 160 Å². The molecule has 4 nitrogen and oxygen atoms in total. The number of hydrogen-bond donors (Lipinski definition) is 1. The summed E-state index contributed by atoms with van der Waals surface area (Å²) in [6, 6.07) is 8.56. The number of rotatable bonds is 13. The standard InChI is InChI=1S/C19H33N2O2S2/c1-4-6-13-20(16-17-24)14-10-15-21(18(3)5-2)25(22,23)19-11-8-7-9-12-19/h7-9,11-12,18,24H,2,4-6,10,13-17H2,1,3H3. The van der Waals surface area contributed by atoms with Gasteiger partial charge < -0.3 is 4.90 Å². The molecule has 0 N–H and O–H groups in total. The van der Waals surface area contributed by atoms with Crippen LogP contribution in [0.25, 0.3) is 0 Å². The fraction of sp³-hybridized carbons (Fsp3) is 0.632. The van der Waals surface area contributed by atoms with Crippen molar-refractivity contribution in [2.45, 2.75) is 50.5 Å². The van der Waals surface area contributed by atoms with E-state index in [1.807, 2.05) is 13.0 Å². The number of sulfonamides is 1. The molecule has 1 radical (unpaired) electrons. The van der Waals surface area contributed by atoms with Crippen LogP contribution in [0.2, 0.25) is 0 Å². The first-order valence-electron chi connectivity index (χ1n) is 9.16. The lowest BCUT2D eigenvalue weighted by Gasteiger charge is -2.29. The van der Waals surface area contributed by atoms with Gasteiger partial charge in [-0.1, -0.05) is 38.5 Å². The molecule has 0 aliphatic rings. The number of hydrogen-bond acceptors (Lipinski definition) is 4. The lowest BCUT2D eigenvalue weighted by atomic mass is 10.2. The third-order valence-corrected chi connectivity index (χ3v) is 6.58. The molecule has 0 saturated heterocycles. The number of thiol groups is 1. The van der Waals surface area contributed by atoms with Crippen LogP contribution in [0.5, 0.6) is 0 Å². The molecule has 0 heterocycles. The van der Waals surface area contributed by atoms with Crippen LogP contribution in [0.15, 0.2) is 35.2 Å². The van der Waals surface area contributed by atoms with Crippen LogP contribution < -0.4 is 0 Å². The fourth-order valence-corrected chi connectivity index (χ4v) is 4.76. The van der Waals surface area contributed by atoms with Crippen LogP contribution >= 0.6 is 12.6 Å². The van der Waals surface area contributed by atoms with E-state index in [9.17, 15) is 8.42 Å². The van der Waals surface area contributed by atoms with Gasteiger partial charge in [0.25, 0.3) is 0 Å². The summed E-state index contributed by atoms with van der Waals surface area (Å²) < 4.78 is 27.6. The Balaban J connectivity index is 2.77. The average Bonchev–Trinajstić information content (AvgIpc) is 2.63. The van der Waals surface area contributed by atoms with Gasteiger partial charge in [-0.25, -0.2) is 8.42 Å². The first-order valence-corrected chi connectivity index (χ1v) is 11.2. The van der Waals surface area contributed by atoms with E-state index < -0.39 is 10.0 Å². The summed E-state index contributed by atoms with van der Waals surface area (Å²) in [4.78, 5) is 2.73. The number of unbranched alkanes of at least 4 members (excludes halogenated alkanes) is 1. The zero-order chi connectivity index (χ0) is 18.7. The molecule has 25 heavy (non-hydrogen) atoms. The summed E-state index contributed by atoms with van der Waals surface area (Å²) in [5.74, 6) is 0.824. The van der Waals surface area contributed by atoms with Gasteiger partial charge in [0.05, 0.1) is 4.90 Å². The van der Waals surface area contributed by atoms with E-state index in [0.29, 0.717) is 17.9 Å². The van der Waals surface area contributed by atoms with Crippen molar-refractivity contribution in [3.05, 3.63) is 37.3 Å². The van der Waals surface area contributed by atoms with Gasteiger partial charge in [0.2, 0.25) is 10.0 Å². The Kier molecular flexibility index (Phi) is 10.7. The normalized spacial score (nSPS) is 13.5. The van der Waals surface area contributed by atoms with Crippen molar-refractivity contribution in [3.8, 4) is 0 Å². The Bertz CT molecular complexity index is 564. The molecule has 1 atom stereocenters. The predicted octanol–water partition coefficient (Wildman–Crippen LogP) is 3.71. The van der Waals surface area contributed by atoms with Crippen LogP contribution in [0, 0.1) is 6.92 Å². The molecule has 0 aliphatic heterocycles. The molecule has 0 spiro atoms. The van der Waals surface area contributed by atoms with Gasteiger partial charge in [-0.3, -0.25) is 0 Å². The zero-order valence-corrected chi connectivity index (χ0v) is 17.3. The second kappa shape index (κ2) is 11.9. The van der Waals surface area contributed by atoms with E-state index in [4.69, 9.17) is 0 Å². The molecular weight excluding hydrogens is 352 g/mol. The summed E-state index contributed by atoms with van der Waals surface area (Å²) in [5.41, 5.74) is 0. The third kappa shape index (κ3) is 7.29. The van der Waals surface area contributed by atoms with Crippen molar-refractivity contribution in [1.29, 1.82) is 0 Å². The molecule has 0 saturated carbocycles. The molecule has 0 aliphatic carbocycles. The van der Waals surface area contributed by atoms with E-state index in [1.54, 1.807) is 28.6 Å². The van der Waals surface area contributed by atoms with E-state index in [0.717, 1.165) is 44.6 Å². The Morgan fingerprint density at radius 2 is 1.72 bits per heavy atom. The highest BCUT2D eigenvalue weighted by Gasteiger charge is 2.27. The fourth-order valence-electron chi connectivity index (χ4n) is 2.76. The van der Waals surface area contributed by atoms with E-state index in [-0.39, 0.29) is 6.04 Å². The van der Waals surface area contributed by atoms with Crippen molar-refractivity contribution >= 4 is 22.7 Å². The van der Waals surface area contributed by atoms with Crippen LogP contribution in [0.4, 0.5) is 0 Å². The third-order valence-electron chi connectivity index (χ3n) is 4.36. The molecular formula is C19H33N2O2S2. The zero-order valence-electron chi connectivity index (χ0n) is 15.6. The Hall–Kier alpha value is -0.560. The van der Waals surface area contributed by atoms with Crippen molar-refractivity contribution < 1.29 is 8.42 Å². The van der Waals surface area contributed by atoms with E-state index in [1.165, 1.54) is 0 Å². The molecule has 143 valence electrons. The average molecular weight is 386 g/mol. The largest absolute Gasteiger partial charge is 0.302 e. The van der Waals surface area contributed by atoms with E-state index in [2.05, 4.69) is 31.4 Å². The number of benzene rings is 1. The predicted molar refractivity (Wildman–Crippen MR) is 110 cm³/mol. The van der Waals surface area contributed by atoms with Gasteiger partial charge in [0.1, 0.15) is 0 Å². The van der Waals surface area contributed by atoms with Gasteiger partial charge >= 0.3 is 0 Å². The van der Waals surface area contributed by atoms with Gasteiger partial charge in [0.15, 0.2) is 0 Å². The summed E-state index contributed by atoms with van der Waals surface area (Å²) in [5, 5.41) is 0. The van der Waals surface area contributed by atoms with Crippen LogP contribution in [-0.2, 0) is 10.0 Å². The molecule has 0 amide bonds. The first-order chi connectivity index (χ1) is 12.0. The molecule has 0 bridgehead atoms. The SMILES string of the molecule is [CH2]CC(C)N(CCCN(CCS)CCCC)S(=O)(=O)c1ccccc1. The molecule has 1 unspecified atom stereocenters. The molecule has 6 heteroatoms. The lowest BCUT2D eigenvalue weighted by molar-refractivity contribution is 0.258. The number of nitrogens with zero attached hydrogens (tertiary/aromatic N) is 2. The Morgan fingerprint density at radius 1 is 1.08 bits per heavy atom. The quantitative estimate of drug-likeness (QED) is 0.526. The maximum Gasteiger partial charge on any atom is 0.243 e. The van der Waals surface area contributed by atoms with Gasteiger partial charge in [-0.05, 0) is 51.4 Å². The minimum absolute atomic E-state index is 0.112. The van der Waals surface area contributed by atoms with Crippen molar-refractivity contribution in [2.24, 2.45) is 0 Å². The molecule has 1 aromatic carbocycles. The second-order valence-corrected chi connectivity index (χ2v) is 8.68. The highest BCUT2D eigenvalue weighted by molar-refractivity contribution is 7.89. The molecule has 0 fully saturated rings. The van der Waals surface area contributed by atoms with Crippen molar-refractivity contribution in [3.63, 3.8) is 0 Å². The monoisotopic (exact) mass is 385 g/mol. The highest BCUT2D eigenvalue weighted by Crippen LogP contribution is 2.19. The van der Waals surface area contributed by atoms with Crippen LogP contribution in [0.3, 0.4) is 0 Å². The van der Waals surface area contributed by atoms with Crippen LogP contribution in [0.1, 0.15) is 39.5 Å². The summed E-state index contributed by atoms with van der Waals surface area (Å²) in [6.45, 7) is 11.4. The molecule has 1 rings (SSSR count). The topological polar surface area (TPSA) is 40.6 Å². The summed E-state index contributed by atoms with van der Waals surface area (Å²) >= 11 is 4.33. The maximum atomic E-state index is 13.0. The molecule has 1 aromatic rings. The highest BCUT2D eigenvalue weighted by atomic mass is 32.2. The van der Waals surface area contributed by atoms with Crippen LogP contribution in [-0.4, -0.2) is 55.6 Å². The maximum absolute atomic E-state index is 13.0. The van der Waals surface area contributed by atoms with Gasteiger partial charge in [0, 0.05) is 24.9 Å². The molecule has 0 aromatic heterocycles. The summed E-state index contributed by atoms with van der Waals surface area (Å²) in [6.07, 6.45) is 3.70. The van der Waals surface area contributed by atoms with Crippen molar-refractivity contribution in [2.75, 3.05) is 31.9 Å². The first kappa shape index (κ1) is 22.5. The minimum Gasteiger partial charge on any atom is -0.302 e. The van der Waals surface area contributed by atoms with Crippen molar-refractivity contribution in [1.82, 2.24) is 9.21 Å². The van der Waals surface area contributed by atoms with Gasteiger partial charge in [-0.2, -0.15) is 16.9 Å².